The number of nitrogens with zero attached hydrogens (tertiary/aromatic N) is 1. The number of benzene rings is 1. The van der Waals surface area contributed by atoms with E-state index in [9.17, 15) is 9.59 Å². The molecule has 0 saturated heterocycles. The minimum atomic E-state index is -0.109. The molecule has 2 amide bonds. The molecule has 0 spiro atoms. The molecule has 1 aromatic carbocycles. The van der Waals surface area contributed by atoms with Crippen molar-refractivity contribution in [2.75, 3.05) is 6.54 Å². The highest BCUT2D eigenvalue weighted by Gasteiger charge is 2.60. The maximum absolute atomic E-state index is 12.8. The SMILES string of the molecule is CC(CCC[C@@H](C)[C@H]1CC[C@H]2[C@@H]3CCC4CCCC[C@]4(C)[C@H]3CC[C@]12C)CN1C(=O)c2ccccc2C1=O. The van der Waals surface area contributed by atoms with E-state index in [4.69, 9.17) is 0 Å². The van der Waals surface area contributed by atoms with E-state index in [0.29, 0.717) is 34.4 Å². The van der Waals surface area contributed by atoms with Gasteiger partial charge in [-0.3, -0.25) is 14.5 Å². The Hall–Kier alpha value is -1.64. The molecule has 0 aromatic heterocycles. The summed E-state index contributed by atoms with van der Waals surface area (Å²) in [6.45, 7) is 10.7. The second-order valence-electron chi connectivity index (χ2n) is 14.9. The first-order valence-corrected chi connectivity index (χ1v) is 16.2. The Morgan fingerprint density at radius 3 is 2.26 bits per heavy atom. The molecule has 1 aliphatic heterocycles. The molecular formula is C35H51NO2. The van der Waals surface area contributed by atoms with Crippen LogP contribution in [0, 0.1) is 52.3 Å². The molecule has 1 aromatic rings. The number of amides is 2. The molecule has 5 aliphatic rings. The van der Waals surface area contributed by atoms with Crippen LogP contribution in [0.3, 0.4) is 0 Å². The molecule has 4 fully saturated rings. The first kappa shape index (κ1) is 26.6. The van der Waals surface area contributed by atoms with Gasteiger partial charge in [-0.2, -0.15) is 0 Å². The molecule has 0 bridgehead atoms. The van der Waals surface area contributed by atoms with E-state index in [2.05, 4.69) is 27.7 Å². The van der Waals surface area contributed by atoms with Crippen LogP contribution in [0.15, 0.2) is 24.3 Å². The Bertz CT molecular complexity index is 1030. The smallest absolute Gasteiger partial charge is 0.261 e. The average Bonchev–Trinajstić information content (AvgIpc) is 3.38. The van der Waals surface area contributed by atoms with E-state index < -0.39 is 0 Å². The Labute approximate surface area is 231 Å². The summed E-state index contributed by atoms with van der Waals surface area (Å²) in [5, 5.41) is 0. The highest BCUT2D eigenvalue weighted by molar-refractivity contribution is 6.21. The van der Waals surface area contributed by atoms with Crippen LogP contribution in [0.2, 0.25) is 0 Å². The van der Waals surface area contributed by atoms with Crippen molar-refractivity contribution in [2.24, 2.45) is 52.3 Å². The van der Waals surface area contributed by atoms with Crippen LogP contribution in [0.4, 0.5) is 0 Å². The molecule has 0 N–H and O–H groups in total. The number of rotatable bonds is 7. The van der Waals surface area contributed by atoms with Crippen LogP contribution in [0.1, 0.15) is 132 Å². The normalized spacial score (nSPS) is 39.8. The van der Waals surface area contributed by atoms with Crippen LogP contribution < -0.4 is 0 Å². The first-order chi connectivity index (χ1) is 18.2. The number of imide groups is 1. The van der Waals surface area contributed by atoms with Crippen molar-refractivity contribution in [1.82, 2.24) is 4.90 Å². The van der Waals surface area contributed by atoms with Crippen molar-refractivity contribution in [3.8, 4) is 0 Å². The number of carbonyl (C=O) groups is 2. The van der Waals surface area contributed by atoms with E-state index in [1.807, 2.05) is 12.1 Å². The van der Waals surface area contributed by atoms with Gasteiger partial charge in [0, 0.05) is 6.54 Å². The van der Waals surface area contributed by atoms with E-state index >= 15 is 0 Å². The van der Waals surface area contributed by atoms with Gasteiger partial charge in [0.05, 0.1) is 11.1 Å². The molecule has 6 rings (SSSR count). The molecule has 4 saturated carbocycles. The minimum absolute atomic E-state index is 0.109. The standard InChI is InChI=1S/C35H51NO2/c1-23(22-36-32(37)26-13-5-6-14-27(26)33(36)38)10-9-11-24(2)29-17-18-30-28-16-15-25-12-7-8-20-34(25,3)31(28)19-21-35(29,30)4/h5-6,13-14,23-25,28-31H,7-12,15-22H2,1-4H3/t23?,24-,25?,28+,29-,30+,31+,34+,35-/m1/s1. The van der Waals surface area contributed by atoms with Gasteiger partial charge in [0.15, 0.2) is 0 Å². The predicted molar refractivity (Wildman–Crippen MR) is 154 cm³/mol. The van der Waals surface area contributed by atoms with Gasteiger partial charge in [-0.25, -0.2) is 0 Å². The monoisotopic (exact) mass is 517 g/mol. The Morgan fingerprint density at radius 1 is 0.816 bits per heavy atom. The third-order valence-corrected chi connectivity index (χ3v) is 13.1. The molecule has 9 atom stereocenters. The second kappa shape index (κ2) is 10.1. The number of fused-ring (bicyclic) bond motifs is 6. The van der Waals surface area contributed by atoms with Crippen LogP contribution in [-0.2, 0) is 0 Å². The van der Waals surface area contributed by atoms with Crippen molar-refractivity contribution in [3.05, 3.63) is 35.4 Å². The van der Waals surface area contributed by atoms with Gasteiger partial charge >= 0.3 is 0 Å². The summed E-state index contributed by atoms with van der Waals surface area (Å²) >= 11 is 0. The summed E-state index contributed by atoms with van der Waals surface area (Å²) in [7, 11) is 0. The molecule has 0 radical (unpaired) electrons. The van der Waals surface area contributed by atoms with Crippen LogP contribution in [0.25, 0.3) is 0 Å². The largest absolute Gasteiger partial charge is 0.274 e. The van der Waals surface area contributed by atoms with Crippen LogP contribution in [-0.4, -0.2) is 23.3 Å². The first-order valence-electron chi connectivity index (χ1n) is 16.2. The van der Waals surface area contributed by atoms with Crippen molar-refractivity contribution in [3.63, 3.8) is 0 Å². The lowest BCUT2D eigenvalue weighted by Gasteiger charge is -2.61. The zero-order chi connectivity index (χ0) is 26.7. The van der Waals surface area contributed by atoms with Crippen molar-refractivity contribution in [1.29, 1.82) is 0 Å². The number of hydrogen-bond donors (Lipinski definition) is 0. The fraction of sp³-hybridized carbons (Fsp3) is 0.771. The fourth-order valence-corrected chi connectivity index (χ4v) is 11.1. The van der Waals surface area contributed by atoms with Crippen molar-refractivity contribution >= 4 is 11.8 Å². The quantitative estimate of drug-likeness (QED) is 0.339. The lowest BCUT2D eigenvalue weighted by molar-refractivity contribution is -0.114. The van der Waals surface area contributed by atoms with Gasteiger partial charge in [-0.05, 0) is 122 Å². The summed E-state index contributed by atoms with van der Waals surface area (Å²) < 4.78 is 0. The van der Waals surface area contributed by atoms with Crippen LogP contribution in [0.5, 0.6) is 0 Å². The molecule has 4 aliphatic carbocycles. The van der Waals surface area contributed by atoms with E-state index in [0.717, 1.165) is 41.9 Å². The fourth-order valence-electron chi connectivity index (χ4n) is 11.1. The van der Waals surface area contributed by atoms with Gasteiger partial charge in [0.25, 0.3) is 11.8 Å². The van der Waals surface area contributed by atoms with Crippen molar-refractivity contribution in [2.45, 2.75) is 111 Å². The molecule has 3 heteroatoms. The zero-order valence-corrected chi connectivity index (χ0v) is 24.5. The Morgan fingerprint density at radius 2 is 1.53 bits per heavy atom. The van der Waals surface area contributed by atoms with Gasteiger partial charge in [-0.15, -0.1) is 0 Å². The average molecular weight is 518 g/mol. The van der Waals surface area contributed by atoms with Gasteiger partial charge in [0.1, 0.15) is 0 Å². The molecule has 1 heterocycles. The third-order valence-electron chi connectivity index (χ3n) is 13.1. The molecular weight excluding hydrogens is 466 g/mol. The van der Waals surface area contributed by atoms with Gasteiger partial charge < -0.3 is 0 Å². The van der Waals surface area contributed by atoms with E-state index in [-0.39, 0.29) is 11.8 Å². The summed E-state index contributed by atoms with van der Waals surface area (Å²) in [4.78, 5) is 27.0. The lowest BCUT2D eigenvalue weighted by Crippen LogP contribution is -2.53. The number of hydrogen-bond acceptors (Lipinski definition) is 2. The Kier molecular flexibility index (Phi) is 7.05. The minimum Gasteiger partial charge on any atom is -0.274 e. The maximum Gasteiger partial charge on any atom is 0.261 e. The maximum atomic E-state index is 12.8. The Balaban J connectivity index is 1.03. The summed E-state index contributed by atoms with van der Waals surface area (Å²) in [6, 6.07) is 7.26. The number of carbonyl (C=O) groups excluding carboxylic acids is 2. The highest BCUT2D eigenvalue weighted by Crippen LogP contribution is 2.68. The summed E-state index contributed by atoms with van der Waals surface area (Å²) in [6.07, 6.45) is 18.4. The summed E-state index contributed by atoms with van der Waals surface area (Å²) in [5.74, 6) is 5.73. The van der Waals surface area contributed by atoms with Gasteiger partial charge in [-0.1, -0.05) is 65.5 Å². The summed E-state index contributed by atoms with van der Waals surface area (Å²) in [5.41, 5.74) is 2.33. The lowest BCUT2D eigenvalue weighted by atomic mass is 9.44. The second-order valence-corrected chi connectivity index (χ2v) is 14.9. The van der Waals surface area contributed by atoms with E-state index in [1.165, 1.54) is 81.9 Å². The predicted octanol–water partition coefficient (Wildman–Crippen LogP) is 8.77. The van der Waals surface area contributed by atoms with Gasteiger partial charge in [0.2, 0.25) is 0 Å². The molecule has 208 valence electrons. The molecule has 3 nitrogen and oxygen atoms in total. The topological polar surface area (TPSA) is 37.4 Å². The van der Waals surface area contributed by atoms with Crippen molar-refractivity contribution < 1.29 is 9.59 Å². The van der Waals surface area contributed by atoms with Crippen LogP contribution >= 0.6 is 0 Å². The zero-order valence-electron chi connectivity index (χ0n) is 24.5. The molecule has 38 heavy (non-hydrogen) atoms. The molecule has 2 unspecified atom stereocenters. The van der Waals surface area contributed by atoms with E-state index in [1.54, 1.807) is 12.1 Å². The highest BCUT2D eigenvalue weighted by atomic mass is 16.2. The third kappa shape index (κ3) is 4.21.